The Morgan fingerprint density at radius 2 is 2.25 bits per heavy atom. The van der Waals surface area contributed by atoms with Crippen molar-refractivity contribution in [3.63, 3.8) is 0 Å². The molecule has 4 heteroatoms. The zero-order chi connectivity index (χ0) is 11.4. The Morgan fingerprint density at radius 1 is 1.44 bits per heavy atom. The van der Waals surface area contributed by atoms with Crippen LogP contribution in [0.25, 0.3) is 0 Å². The number of rotatable bonds is 2. The number of nitrogens with zero attached hydrogens (tertiary/aromatic N) is 2. The Labute approximate surface area is 95.5 Å². The molecule has 16 heavy (non-hydrogen) atoms. The highest BCUT2D eigenvalue weighted by atomic mass is 15.0. The molecule has 1 aromatic rings. The van der Waals surface area contributed by atoms with Gasteiger partial charge in [0.15, 0.2) is 0 Å². The van der Waals surface area contributed by atoms with Gasteiger partial charge in [-0.15, -0.1) is 0 Å². The van der Waals surface area contributed by atoms with Gasteiger partial charge in [0.2, 0.25) is 0 Å². The van der Waals surface area contributed by atoms with Crippen LogP contribution in [0.5, 0.6) is 0 Å². The van der Waals surface area contributed by atoms with Gasteiger partial charge in [-0.1, -0.05) is 12.8 Å². The van der Waals surface area contributed by atoms with Gasteiger partial charge < -0.3 is 11.1 Å². The molecule has 0 radical (unpaired) electrons. The Kier molecular flexibility index (Phi) is 3.37. The summed E-state index contributed by atoms with van der Waals surface area (Å²) in [7, 11) is 0. The van der Waals surface area contributed by atoms with Gasteiger partial charge in [0, 0.05) is 18.3 Å². The van der Waals surface area contributed by atoms with Gasteiger partial charge >= 0.3 is 0 Å². The SMILES string of the molecule is N#Cc1cccnc1N[C@@H]1CCCC[C@H]1N. The van der Waals surface area contributed by atoms with Gasteiger partial charge in [0.25, 0.3) is 0 Å². The molecule has 1 aromatic heterocycles. The molecule has 3 N–H and O–H groups in total. The van der Waals surface area contributed by atoms with E-state index in [1.54, 1.807) is 18.3 Å². The molecule has 2 rings (SSSR count). The van der Waals surface area contributed by atoms with Crippen molar-refractivity contribution >= 4 is 5.82 Å². The van der Waals surface area contributed by atoms with E-state index in [2.05, 4.69) is 16.4 Å². The fourth-order valence-electron chi connectivity index (χ4n) is 2.12. The maximum atomic E-state index is 8.95. The van der Waals surface area contributed by atoms with Crippen molar-refractivity contribution in [2.75, 3.05) is 5.32 Å². The molecule has 1 heterocycles. The minimum absolute atomic E-state index is 0.169. The number of nitrogens with one attached hydrogen (secondary N) is 1. The normalized spacial score (nSPS) is 24.8. The van der Waals surface area contributed by atoms with Gasteiger partial charge in [-0.25, -0.2) is 4.98 Å². The van der Waals surface area contributed by atoms with Crippen LogP contribution in [-0.4, -0.2) is 17.1 Å². The third-order valence-corrected chi connectivity index (χ3v) is 3.07. The maximum absolute atomic E-state index is 8.95. The zero-order valence-corrected chi connectivity index (χ0v) is 9.19. The molecule has 0 aliphatic heterocycles. The predicted molar refractivity (Wildman–Crippen MR) is 62.8 cm³/mol. The first-order valence-corrected chi connectivity index (χ1v) is 5.68. The van der Waals surface area contributed by atoms with Crippen LogP contribution in [0.4, 0.5) is 5.82 Å². The summed E-state index contributed by atoms with van der Waals surface area (Å²) in [6.45, 7) is 0. The van der Waals surface area contributed by atoms with Gasteiger partial charge in [-0.05, 0) is 25.0 Å². The van der Waals surface area contributed by atoms with Crippen molar-refractivity contribution in [1.82, 2.24) is 4.98 Å². The number of pyridine rings is 1. The summed E-state index contributed by atoms with van der Waals surface area (Å²) >= 11 is 0. The van der Waals surface area contributed by atoms with Crippen molar-refractivity contribution in [3.05, 3.63) is 23.9 Å². The molecular formula is C12H16N4. The quantitative estimate of drug-likeness (QED) is 0.788. The van der Waals surface area contributed by atoms with E-state index in [1.165, 1.54) is 12.8 Å². The van der Waals surface area contributed by atoms with Crippen molar-refractivity contribution in [2.45, 2.75) is 37.8 Å². The summed E-state index contributed by atoms with van der Waals surface area (Å²) in [5.74, 6) is 0.660. The lowest BCUT2D eigenvalue weighted by Gasteiger charge is -2.29. The second kappa shape index (κ2) is 4.95. The monoisotopic (exact) mass is 216 g/mol. The largest absolute Gasteiger partial charge is 0.365 e. The van der Waals surface area contributed by atoms with Crippen LogP contribution in [0, 0.1) is 11.3 Å². The van der Waals surface area contributed by atoms with E-state index in [0.717, 1.165) is 12.8 Å². The summed E-state index contributed by atoms with van der Waals surface area (Å²) < 4.78 is 0. The summed E-state index contributed by atoms with van der Waals surface area (Å²) in [5, 5.41) is 12.2. The molecule has 1 fully saturated rings. The summed E-state index contributed by atoms with van der Waals surface area (Å²) in [6, 6.07) is 6.08. The molecule has 0 amide bonds. The molecule has 4 nitrogen and oxygen atoms in total. The first-order chi connectivity index (χ1) is 7.81. The van der Waals surface area contributed by atoms with E-state index < -0.39 is 0 Å². The van der Waals surface area contributed by atoms with Gasteiger partial charge in [0.05, 0.1) is 5.56 Å². The Morgan fingerprint density at radius 3 is 3.00 bits per heavy atom. The summed E-state index contributed by atoms with van der Waals surface area (Å²) in [6.07, 6.45) is 6.19. The van der Waals surface area contributed by atoms with Crippen molar-refractivity contribution in [3.8, 4) is 6.07 Å². The molecule has 0 bridgehead atoms. The number of nitriles is 1. The summed E-state index contributed by atoms with van der Waals surface area (Å²) in [4.78, 5) is 4.19. The van der Waals surface area contributed by atoms with Crippen molar-refractivity contribution in [2.24, 2.45) is 5.73 Å². The van der Waals surface area contributed by atoms with Crippen molar-refractivity contribution < 1.29 is 0 Å². The van der Waals surface area contributed by atoms with Crippen LogP contribution in [-0.2, 0) is 0 Å². The number of hydrogen-bond donors (Lipinski definition) is 2. The van der Waals surface area contributed by atoms with E-state index >= 15 is 0 Å². The average molecular weight is 216 g/mol. The topological polar surface area (TPSA) is 74.7 Å². The smallest absolute Gasteiger partial charge is 0.144 e. The van der Waals surface area contributed by atoms with Crippen molar-refractivity contribution in [1.29, 1.82) is 5.26 Å². The lowest BCUT2D eigenvalue weighted by atomic mass is 9.91. The first-order valence-electron chi connectivity index (χ1n) is 5.68. The second-order valence-corrected chi connectivity index (χ2v) is 4.21. The van der Waals surface area contributed by atoms with Gasteiger partial charge in [-0.2, -0.15) is 5.26 Å². The highest BCUT2D eigenvalue weighted by Gasteiger charge is 2.22. The number of hydrogen-bond acceptors (Lipinski definition) is 4. The summed E-state index contributed by atoms with van der Waals surface area (Å²) in [5.41, 5.74) is 6.63. The molecule has 0 spiro atoms. The lowest BCUT2D eigenvalue weighted by Crippen LogP contribution is -2.42. The van der Waals surface area contributed by atoms with Gasteiger partial charge in [-0.3, -0.25) is 0 Å². The predicted octanol–water partition coefficient (Wildman–Crippen LogP) is 1.64. The minimum atomic E-state index is 0.169. The number of nitrogens with two attached hydrogens (primary N) is 1. The molecule has 1 aliphatic rings. The minimum Gasteiger partial charge on any atom is -0.365 e. The number of aromatic nitrogens is 1. The highest BCUT2D eigenvalue weighted by Crippen LogP contribution is 2.21. The third kappa shape index (κ3) is 2.31. The molecule has 1 saturated carbocycles. The maximum Gasteiger partial charge on any atom is 0.144 e. The molecule has 0 unspecified atom stereocenters. The average Bonchev–Trinajstić information content (AvgIpc) is 2.33. The molecule has 84 valence electrons. The highest BCUT2D eigenvalue weighted by molar-refractivity contribution is 5.51. The van der Waals surface area contributed by atoms with Crippen LogP contribution in [0.3, 0.4) is 0 Å². The van der Waals surface area contributed by atoms with Crippen LogP contribution < -0.4 is 11.1 Å². The van der Waals surface area contributed by atoms with E-state index in [9.17, 15) is 0 Å². The lowest BCUT2D eigenvalue weighted by molar-refractivity contribution is 0.403. The Bertz CT molecular complexity index is 396. The van der Waals surface area contributed by atoms with Crippen LogP contribution >= 0.6 is 0 Å². The van der Waals surface area contributed by atoms with Crippen LogP contribution in [0.15, 0.2) is 18.3 Å². The van der Waals surface area contributed by atoms with E-state index in [-0.39, 0.29) is 12.1 Å². The van der Waals surface area contributed by atoms with E-state index in [4.69, 9.17) is 11.0 Å². The Balaban J connectivity index is 2.11. The second-order valence-electron chi connectivity index (χ2n) is 4.21. The van der Waals surface area contributed by atoms with E-state index in [1.807, 2.05) is 0 Å². The first kappa shape index (κ1) is 10.9. The fourth-order valence-corrected chi connectivity index (χ4v) is 2.12. The zero-order valence-electron chi connectivity index (χ0n) is 9.19. The number of anilines is 1. The molecular weight excluding hydrogens is 200 g/mol. The molecule has 1 aliphatic carbocycles. The standard InChI is InChI=1S/C12H16N4/c13-8-9-4-3-7-15-12(9)16-11-6-2-1-5-10(11)14/h3-4,7,10-11H,1-2,5-6,14H2,(H,15,16)/t10-,11-/m1/s1. The van der Waals surface area contributed by atoms with Gasteiger partial charge in [0.1, 0.15) is 11.9 Å². The molecule has 2 atom stereocenters. The van der Waals surface area contributed by atoms with Crippen LogP contribution in [0.2, 0.25) is 0 Å². The Hall–Kier alpha value is -1.60. The third-order valence-electron chi connectivity index (χ3n) is 3.07. The molecule has 0 aromatic carbocycles. The fraction of sp³-hybridized carbons (Fsp3) is 0.500. The molecule has 0 saturated heterocycles. The van der Waals surface area contributed by atoms with E-state index in [0.29, 0.717) is 11.4 Å². The van der Waals surface area contributed by atoms with Crippen LogP contribution in [0.1, 0.15) is 31.2 Å².